The maximum absolute atomic E-state index is 13.7. The minimum absolute atomic E-state index is 0.0700. The van der Waals surface area contributed by atoms with Crippen LogP contribution in [0.3, 0.4) is 0 Å². The van der Waals surface area contributed by atoms with Gasteiger partial charge in [-0.3, -0.25) is 9.59 Å². The number of amides is 1. The lowest BCUT2D eigenvalue weighted by atomic mass is 9.92. The lowest BCUT2D eigenvalue weighted by Gasteiger charge is -2.24. The van der Waals surface area contributed by atoms with E-state index in [0.29, 0.717) is 34.5 Å². The van der Waals surface area contributed by atoms with Gasteiger partial charge in [-0.05, 0) is 67.8 Å². The van der Waals surface area contributed by atoms with E-state index in [1.165, 1.54) is 0 Å². The van der Waals surface area contributed by atoms with E-state index < -0.39 is 23.6 Å². The number of carbonyl (C=O) groups excluding carboxylic acids is 1. The average Bonchev–Trinajstić information content (AvgIpc) is 2.79. The molecule has 0 saturated carbocycles. The summed E-state index contributed by atoms with van der Waals surface area (Å²) >= 11 is 6.17. The molecule has 7 nitrogen and oxygen atoms in total. The Labute approximate surface area is 222 Å². The van der Waals surface area contributed by atoms with E-state index in [2.05, 4.69) is 5.32 Å². The SMILES string of the molecule is CC(C)Cn1c(CNC(=O)OC(C)(C)C)c(-c2ccc(Cl)cc2)c2cc(CC(C)C(=O)O)ccc2c1=O. The van der Waals surface area contributed by atoms with Crippen LogP contribution in [0, 0.1) is 11.8 Å². The highest BCUT2D eigenvalue weighted by molar-refractivity contribution is 6.30. The van der Waals surface area contributed by atoms with Crippen molar-refractivity contribution >= 4 is 34.4 Å². The fourth-order valence-corrected chi connectivity index (χ4v) is 4.39. The van der Waals surface area contributed by atoms with Gasteiger partial charge in [0.1, 0.15) is 5.60 Å². The van der Waals surface area contributed by atoms with Crippen molar-refractivity contribution in [2.45, 2.75) is 66.7 Å². The predicted octanol–water partition coefficient (Wildman–Crippen LogP) is 6.27. The Morgan fingerprint density at radius 1 is 1.05 bits per heavy atom. The van der Waals surface area contributed by atoms with Gasteiger partial charge in [0.25, 0.3) is 5.56 Å². The largest absolute Gasteiger partial charge is 0.481 e. The number of hydrogen-bond acceptors (Lipinski definition) is 4. The Morgan fingerprint density at radius 3 is 2.27 bits per heavy atom. The molecule has 0 aliphatic heterocycles. The Bertz CT molecular complexity index is 1350. The Hall–Kier alpha value is -3.32. The third-order valence-corrected chi connectivity index (χ3v) is 6.14. The van der Waals surface area contributed by atoms with Crippen LogP contribution in [0.4, 0.5) is 4.79 Å². The minimum atomic E-state index is -0.882. The lowest BCUT2D eigenvalue weighted by molar-refractivity contribution is -0.141. The minimum Gasteiger partial charge on any atom is -0.481 e. The first-order chi connectivity index (χ1) is 17.3. The van der Waals surface area contributed by atoms with Crippen LogP contribution in [0.15, 0.2) is 47.3 Å². The number of carboxylic acids is 1. The summed E-state index contributed by atoms with van der Waals surface area (Å²) in [5, 5.41) is 14.0. The second-order valence-electron chi connectivity index (χ2n) is 10.8. The third kappa shape index (κ3) is 7.13. The van der Waals surface area contributed by atoms with Gasteiger partial charge in [0.05, 0.1) is 12.5 Å². The van der Waals surface area contributed by atoms with Crippen molar-refractivity contribution in [2.75, 3.05) is 0 Å². The van der Waals surface area contributed by atoms with Gasteiger partial charge >= 0.3 is 12.1 Å². The van der Waals surface area contributed by atoms with Crippen LogP contribution in [0.25, 0.3) is 21.9 Å². The van der Waals surface area contributed by atoms with Gasteiger partial charge in [0.2, 0.25) is 0 Å². The molecule has 1 aromatic heterocycles. The molecule has 0 spiro atoms. The predicted molar refractivity (Wildman–Crippen MR) is 147 cm³/mol. The summed E-state index contributed by atoms with van der Waals surface area (Å²) in [6.07, 6.45) is -0.256. The number of carboxylic acid groups (broad SMARTS) is 1. The number of aromatic nitrogens is 1. The topological polar surface area (TPSA) is 97.6 Å². The van der Waals surface area contributed by atoms with Crippen LogP contribution in [-0.4, -0.2) is 27.3 Å². The van der Waals surface area contributed by atoms with Gasteiger partial charge in [-0.2, -0.15) is 0 Å². The van der Waals surface area contributed by atoms with Crippen LogP contribution in [-0.2, 0) is 29.0 Å². The van der Waals surface area contributed by atoms with Crippen LogP contribution >= 0.6 is 11.6 Å². The molecule has 1 amide bonds. The number of alkyl carbamates (subject to hydrolysis) is 1. The van der Waals surface area contributed by atoms with Gasteiger partial charge in [-0.25, -0.2) is 4.79 Å². The molecular formula is C29H35ClN2O5. The second kappa shape index (κ2) is 11.4. The molecule has 0 radical (unpaired) electrons. The van der Waals surface area contributed by atoms with E-state index >= 15 is 0 Å². The summed E-state index contributed by atoms with van der Waals surface area (Å²) in [6.45, 7) is 11.6. The molecule has 37 heavy (non-hydrogen) atoms. The third-order valence-electron chi connectivity index (χ3n) is 5.89. The summed E-state index contributed by atoms with van der Waals surface area (Å²) in [4.78, 5) is 37.8. The molecule has 0 aliphatic carbocycles. The Balaban J connectivity index is 2.29. The first-order valence-electron chi connectivity index (χ1n) is 12.4. The molecule has 198 valence electrons. The molecule has 8 heteroatoms. The molecule has 0 fully saturated rings. The number of nitrogens with one attached hydrogen (secondary N) is 1. The van der Waals surface area contributed by atoms with E-state index in [9.17, 15) is 19.5 Å². The highest BCUT2D eigenvalue weighted by atomic mass is 35.5. The molecule has 1 unspecified atom stereocenters. The number of benzene rings is 2. The number of nitrogens with zero attached hydrogens (tertiary/aromatic N) is 1. The fraction of sp³-hybridized carbons (Fsp3) is 0.414. The number of fused-ring (bicyclic) bond motifs is 1. The average molecular weight is 527 g/mol. The molecule has 3 rings (SSSR count). The summed E-state index contributed by atoms with van der Waals surface area (Å²) in [7, 11) is 0. The first kappa shape index (κ1) is 28.3. The molecule has 2 N–H and O–H groups in total. The van der Waals surface area contributed by atoms with Crippen molar-refractivity contribution in [1.82, 2.24) is 9.88 Å². The highest BCUT2D eigenvalue weighted by Gasteiger charge is 2.22. The quantitative estimate of drug-likeness (QED) is 0.360. The summed E-state index contributed by atoms with van der Waals surface area (Å²) < 4.78 is 7.15. The second-order valence-corrected chi connectivity index (χ2v) is 11.3. The number of halogens is 1. The van der Waals surface area contributed by atoms with E-state index in [-0.39, 0.29) is 18.0 Å². The highest BCUT2D eigenvalue weighted by Crippen LogP contribution is 2.33. The van der Waals surface area contributed by atoms with Crippen molar-refractivity contribution in [3.05, 3.63) is 69.1 Å². The van der Waals surface area contributed by atoms with E-state index in [1.807, 2.05) is 38.1 Å². The van der Waals surface area contributed by atoms with Gasteiger partial charge in [0, 0.05) is 28.2 Å². The zero-order valence-corrected chi connectivity index (χ0v) is 23.0. The van der Waals surface area contributed by atoms with E-state index in [1.54, 1.807) is 50.5 Å². The zero-order valence-electron chi connectivity index (χ0n) is 22.2. The molecule has 1 atom stereocenters. The molecular weight excluding hydrogens is 492 g/mol. The summed E-state index contributed by atoms with van der Waals surface area (Å²) in [5.41, 5.74) is 2.23. The lowest BCUT2D eigenvalue weighted by Crippen LogP contribution is -2.35. The van der Waals surface area contributed by atoms with Gasteiger partial charge in [-0.1, -0.05) is 56.6 Å². The molecule has 0 aliphatic rings. The van der Waals surface area contributed by atoms with Gasteiger partial charge < -0.3 is 19.7 Å². The van der Waals surface area contributed by atoms with Gasteiger partial charge in [-0.15, -0.1) is 0 Å². The fourth-order valence-electron chi connectivity index (χ4n) is 4.26. The standard InChI is InChI=1S/C29H35ClN2O5/c1-17(2)16-32-24(15-31-28(36)37-29(4,5)6)25(20-8-10-21(30)11-9-20)23-14-19(13-18(3)27(34)35)7-12-22(23)26(32)33/h7-12,14,17-18H,13,15-16H2,1-6H3,(H,31,36)(H,34,35). The Kier molecular flexibility index (Phi) is 8.69. The normalized spacial score (nSPS) is 12.5. The number of hydrogen-bond donors (Lipinski definition) is 2. The smallest absolute Gasteiger partial charge is 0.407 e. The number of ether oxygens (including phenoxy) is 1. The zero-order chi connectivity index (χ0) is 27.5. The van der Waals surface area contributed by atoms with Crippen LogP contribution in [0.5, 0.6) is 0 Å². The molecule has 3 aromatic rings. The molecule has 0 bridgehead atoms. The Morgan fingerprint density at radius 2 is 1.70 bits per heavy atom. The van der Waals surface area contributed by atoms with E-state index in [4.69, 9.17) is 16.3 Å². The maximum Gasteiger partial charge on any atom is 0.407 e. The van der Waals surface area contributed by atoms with Crippen molar-refractivity contribution in [3.8, 4) is 11.1 Å². The number of pyridine rings is 1. The molecule has 2 aromatic carbocycles. The number of aliphatic carboxylic acids is 1. The molecule has 0 saturated heterocycles. The van der Waals surface area contributed by atoms with Crippen molar-refractivity contribution in [2.24, 2.45) is 11.8 Å². The van der Waals surface area contributed by atoms with E-state index in [0.717, 1.165) is 16.7 Å². The van der Waals surface area contributed by atoms with Crippen LogP contribution in [0.2, 0.25) is 5.02 Å². The van der Waals surface area contributed by atoms with Crippen molar-refractivity contribution < 1.29 is 19.4 Å². The molecule has 1 heterocycles. The monoisotopic (exact) mass is 526 g/mol. The number of carbonyl (C=O) groups is 2. The maximum atomic E-state index is 13.7. The van der Waals surface area contributed by atoms with Crippen LogP contribution in [0.1, 0.15) is 52.8 Å². The van der Waals surface area contributed by atoms with Crippen molar-refractivity contribution in [3.63, 3.8) is 0 Å². The summed E-state index contributed by atoms with van der Waals surface area (Å²) in [5.74, 6) is -1.29. The number of rotatable bonds is 8. The van der Waals surface area contributed by atoms with Gasteiger partial charge in [0.15, 0.2) is 0 Å². The van der Waals surface area contributed by atoms with Crippen LogP contribution < -0.4 is 10.9 Å². The van der Waals surface area contributed by atoms with Crippen molar-refractivity contribution in [1.29, 1.82) is 0 Å². The first-order valence-corrected chi connectivity index (χ1v) is 12.8. The summed E-state index contributed by atoms with van der Waals surface area (Å²) in [6, 6.07) is 12.8.